The van der Waals surface area contributed by atoms with Crippen LogP contribution >= 0.6 is 0 Å². The number of ether oxygens (including phenoxy) is 7. The van der Waals surface area contributed by atoms with Crippen LogP contribution < -0.4 is 0 Å². The molecule has 0 heterocycles. The van der Waals surface area contributed by atoms with E-state index in [-0.39, 0.29) is 12.6 Å². The Morgan fingerprint density at radius 2 is 1.08 bits per heavy atom. The van der Waals surface area contributed by atoms with Crippen LogP contribution in [0.4, 0.5) is 0 Å². The molecule has 0 aliphatic carbocycles. The van der Waals surface area contributed by atoms with Gasteiger partial charge in [-0.1, -0.05) is 13.5 Å². The van der Waals surface area contributed by atoms with Crippen LogP contribution in [0, 0.1) is 0 Å². The highest BCUT2D eigenvalue weighted by Crippen LogP contribution is 1.91. The van der Waals surface area contributed by atoms with Crippen molar-refractivity contribution in [1.82, 2.24) is 0 Å². The summed E-state index contributed by atoms with van der Waals surface area (Å²) in [6, 6.07) is 0. The van der Waals surface area contributed by atoms with E-state index in [1.165, 1.54) is 6.26 Å². The van der Waals surface area contributed by atoms with E-state index >= 15 is 0 Å². The van der Waals surface area contributed by atoms with E-state index in [4.69, 9.17) is 33.2 Å². The number of hydrogen-bond donors (Lipinski definition) is 0. The molecule has 0 aliphatic rings. The summed E-state index contributed by atoms with van der Waals surface area (Å²) in [5.41, 5.74) is 0. The second-order valence-electron chi connectivity index (χ2n) is 5.07. The number of hydrogen-bond acceptors (Lipinski definition) is 8. The van der Waals surface area contributed by atoms with E-state index in [0.29, 0.717) is 79.1 Å². The van der Waals surface area contributed by atoms with Crippen molar-refractivity contribution in [3.8, 4) is 0 Å². The minimum atomic E-state index is -0.181. The van der Waals surface area contributed by atoms with Crippen LogP contribution in [-0.4, -0.2) is 85.3 Å². The molecule has 0 saturated heterocycles. The first-order valence-corrected chi connectivity index (χ1v) is 9.08. The molecular weight excluding hydrogens is 344 g/mol. The molecule has 0 bridgehead atoms. The Kier molecular flexibility index (Phi) is 20.9. The van der Waals surface area contributed by atoms with Crippen molar-refractivity contribution < 1.29 is 38.0 Å². The lowest BCUT2D eigenvalue weighted by atomic mass is 10.3. The molecule has 26 heavy (non-hydrogen) atoms. The van der Waals surface area contributed by atoms with Gasteiger partial charge in [-0.05, 0) is 6.42 Å². The largest absolute Gasteiger partial charge is 0.499 e. The van der Waals surface area contributed by atoms with Crippen molar-refractivity contribution in [2.45, 2.75) is 19.8 Å². The molecule has 154 valence electrons. The summed E-state index contributed by atoms with van der Waals surface area (Å²) in [5.74, 6) is -0.181. The zero-order valence-corrected chi connectivity index (χ0v) is 15.9. The number of rotatable bonds is 21. The number of carbonyl (C=O) groups is 1. The number of carbonyl (C=O) groups excluding carboxylic acids is 1. The average molecular weight is 378 g/mol. The van der Waals surface area contributed by atoms with E-state index < -0.39 is 0 Å². The van der Waals surface area contributed by atoms with E-state index in [1.807, 2.05) is 6.92 Å². The lowest BCUT2D eigenvalue weighted by Crippen LogP contribution is -2.15. The lowest BCUT2D eigenvalue weighted by Gasteiger charge is -2.08. The first kappa shape index (κ1) is 24.8. The van der Waals surface area contributed by atoms with Crippen LogP contribution in [0.3, 0.4) is 0 Å². The molecule has 0 saturated carbocycles. The van der Waals surface area contributed by atoms with Gasteiger partial charge in [-0.3, -0.25) is 4.79 Å². The molecule has 8 nitrogen and oxygen atoms in total. The Hall–Kier alpha value is -1.19. The molecule has 0 rings (SSSR count). The van der Waals surface area contributed by atoms with Crippen molar-refractivity contribution in [1.29, 1.82) is 0 Å². The molecule has 0 spiro atoms. The summed E-state index contributed by atoms with van der Waals surface area (Å²) >= 11 is 0. The molecule has 0 aliphatic heterocycles. The van der Waals surface area contributed by atoms with Gasteiger partial charge < -0.3 is 33.2 Å². The van der Waals surface area contributed by atoms with Gasteiger partial charge in [0.15, 0.2) is 0 Å². The zero-order valence-electron chi connectivity index (χ0n) is 15.9. The van der Waals surface area contributed by atoms with E-state index in [2.05, 4.69) is 6.58 Å². The van der Waals surface area contributed by atoms with Gasteiger partial charge in [-0.2, -0.15) is 0 Å². The molecule has 0 radical (unpaired) electrons. The van der Waals surface area contributed by atoms with Gasteiger partial charge in [0.05, 0.1) is 72.3 Å². The summed E-state index contributed by atoms with van der Waals surface area (Å²) in [5, 5.41) is 0. The zero-order chi connectivity index (χ0) is 19.1. The third-order valence-corrected chi connectivity index (χ3v) is 2.90. The van der Waals surface area contributed by atoms with Crippen LogP contribution in [-0.2, 0) is 38.0 Å². The normalized spacial score (nSPS) is 10.7. The minimum Gasteiger partial charge on any atom is -0.499 e. The SMILES string of the molecule is C=COCCOCCOCCOCCOCCOCCOC(=O)CCC. The molecule has 0 N–H and O–H groups in total. The Bertz CT molecular complexity index is 312. The molecule has 0 atom stereocenters. The summed E-state index contributed by atoms with van der Waals surface area (Å²) in [7, 11) is 0. The van der Waals surface area contributed by atoms with Crippen LogP contribution in [0.15, 0.2) is 12.8 Å². The van der Waals surface area contributed by atoms with Crippen molar-refractivity contribution in [3.63, 3.8) is 0 Å². The maximum Gasteiger partial charge on any atom is 0.305 e. The third kappa shape index (κ3) is 20.9. The Balaban J connectivity index is 3.03. The smallest absolute Gasteiger partial charge is 0.305 e. The lowest BCUT2D eigenvalue weighted by molar-refractivity contribution is -0.145. The second kappa shape index (κ2) is 21.9. The van der Waals surface area contributed by atoms with Gasteiger partial charge in [-0.15, -0.1) is 0 Å². The summed E-state index contributed by atoms with van der Waals surface area (Å²) in [4.78, 5) is 11.1. The van der Waals surface area contributed by atoms with E-state index in [1.54, 1.807) is 0 Å². The van der Waals surface area contributed by atoms with Gasteiger partial charge in [-0.25, -0.2) is 0 Å². The summed E-state index contributed by atoms with van der Waals surface area (Å²) < 4.78 is 36.5. The fraction of sp³-hybridized carbons (Fsp3) is 0.833. The molecular formula is C18H34O8. The highest BCUT2D eigenvalue weighted by Gasteiger charge is 1.99. The summed E-state index contributed by atoms with van der Waals surface area (Å²) in [6.45, 7) is 11.1. The molecule has 0 aromatic rings. The summed E-state index contributed by atoms with van der Waals surface area (Å²) in [6.07, 6.45) is 2.64. The van der Waals surface area contributed by atoms with Gasteiger partial charge in [0, 0.05) is 6.42 Å². The molecule has 0 amide bonds. The van der Waals surface area contributed by atoms with Gasteiger partial charge in [0.2, 0.25) is 0 Å². The standard InChI is InChI=1S/C18H34O8/c1-3-5-18(19)26-17-16-25-15-14-24-13-12-23-11-10-22-9-8-21-7-6-20-4-2/h4H,2-3,5-17H2,1H3. The van der Waals surface area contributed by atoms with E-state index in [0.717, 1.165) is 6.42 Å². The third-order valence-electron chi connectivity index (χ3n) is 2.90. The highest BCUT2D eigenvalue weighted by molar-refractivity contribution is 5.69. The molecule has 0 aromatic carbocycles. The van der Waals surface area contributed by atoms with Crippen molar-refractivity contribution in [2.75, 3.05) is 79.3 Å². The fourth-order valence-corrected chi connectivity index (χ4v) is 1.66. The van der Waals surface area contributed by atoms with Crippen LogP contribution in [0.25, 0.3) is 0 Å². The topological polar surface area (TPSA) is 81.7 Å². The minimum absolute atomic E-state index is 0.181. The van der Waals surface area contributed by atoms with Crippen molar-refractivity contribution in [3.05, 3.63) is 12.8 Å². The van der Waals surface area contributed by atoms with Gasteiger partial charge >= 0.3 is 5.97 Å². The average Bonchev–Trinajstić information content (AvgIpc) is 2.64. The highest BCUT2D eigenvalue weighted by atomic mass is 16.6. The van der Waals surface area contributed by atoms with Crippen molar-refractivity contribution in [2.24, 2.45) is 0 Å². The first-order chi connectivity index (χ1) is 12.8. The van der Waals surface area contributed by atoms with Crippen molar-refractivity contribution >= 4 is 5.97 Å². The maximum absolute atomic E-state index is 11.1. The number of esters is 1. The Labute approximate surface area is 156 Å². The molecule has 0 fully saturated rings. The van der Waals surface area contributed by atoms with E-state index in [9.17, 15) is 4.79 Å². The first-order valence-electron chi connectivity index (χ1n) is 9.08. The Morgan fingerprint density at radius 3 is 1.46 bits per heavy atom. The van der Waals surface area contributed by atoms with Gasteiger partial charge in [0.1, 0.15) is 13.2 Å². The quantitative estimate of drug-likeness (QED) is 0.169. The monoisotopic (exact) mass is 378 g/mol. The van der Waals surface area contributed by atoms with Crippen LogP contribution in [0.5, 0.6) is 0 Å². The molecule has 0 unspecified atom stereocenters. The predicted octanol–water partition coefficient (Wildman–Crippen LogP) is 1.57. The van der Waals surface area contributed by atoms with Crippen LogP contribution in [0.2, 0.25) is 0 Å². The maximum atomic E-state index is 11.1. The fourth-order valence-electron chi connectivity index (χ4n) is 1.66. The predicted molar refractivity (Wildman–Crippen MR) is 96.1 cm³/mol. The molecule has 8 heteroatoms. The Morgan fingerprint density at radius 1 is 0.692 bits per heavy atom. The van der Waals surface area contributed by atoms with Gasteiger partial charge in [0.25, 0.3) is 0 Å². The second-order valence-corrected chi connectivity index (χ2v) is 5.07. The van der Waals surface area contributed by atoms with Crippen LogP contribution in [0.1, 0.15) is 19.8 Å². The molecule has 0 aromatic heterocycles.